The van der Waals surface area contributed by atoms with E-state index in [-0.39, 0.29) is 10.9 Å². The average Bonchev–Trinajstić information content (AvgIpc) is 3.00. The molecule has 0 unspecified atom stereocenters. The Hall–Kier alpha value is -2.41. The van der Waals surface area contributed by atoms with Crippen LogP contribution in [0.25, 0.3) is 0 Å². The van der Waals surface area contributed by atoms with Gasteiger partial charge in [-0.1, -0.05) is 11.3 Å². The van der Waals surface area contributed by atoms with Crippen LogP contribution in [0.15, 0.2) is 35.7 Å². The van der Waals surface area contributed by atoms with Gasteiger partial charge in [0, 0.05) is 35.9 Å². The number of hydrogen-bond donors (Lipinski definition) is 1. The van der Waals surface area contributed by atoms with Crippen LogP contribution in [0, 0.1) is 10.1 Å². The summed E-state index contributed by atoms with van der Waals surface area (Å²) in [4.78, 5) is 24.4. The minimum absolute atomic E-state index is 0.0398. The number of hydrogen-bond acceptors (Lipinski definition) is 5. The molecule has 1 heterocycles. The van der Waals surface area contributed by atoms with Gasteiger partial charge in [0.05, 0.1) is 10.5 Å². The van der Waals surface area contributed by atoms with Crippen LogP contribution in [-0.4, -0.2) is 23.9 Å². The molecule has 1 aromatic heterocycles. The van der Waals surface area contributed by atoms with Gasteiger partial charge in [0.2, 0.25) is 0 Å². The molecule has 0 atom stereocenters. The second-order valence-electron chi connectivity index (χ2n) is 4.60. The highest BCUT2D eigenvalue weighted by molar-refractivity contribution is 7.13. The molecule has 2 aromatic rings. The van der Waals surface area contributed by atoms with Gasteiger partial charge in [0.1, 0.15) is 0 Å². The monoisotopic (exact) mass is 319 g/mol. The molecular formula is C15H17N3O3S. The summed E-state index contributed by atoms with van der Waals surface area (Å²) in [7, 11) is 0. The van der Waals surface area contributed by atoms with E-state index in [2.05, 4.69) is 24.1 Å². The summed E-state index contributed by atoms with van der Waals surface area (Å²) in [5.74, 6) is -0.347. The van der Waals surface area contributed by atoms with E-state index in [4.69, 9.17) is 0 Å². The smallest absolute Gasteiger partial charge is 0.324 e. The van der Waals surface area contributed by atoms with Crippen LogP contribution >= 0.6 is 11.3 Å². The Morgan fingerprint density at radius 2 is 1.91 bits per heavy atom. The molecule has 1 N–H and O–H groups in total. The molecule has 0 aliphatic rings. The molecule has 0 aliphatic carbocycles. The number of carbonyl (C=O) groups is 1. The topological polar surface area (TPSA) is 75.5 Å². The fourth-order valence-corrected chi connectivity index (χ4v) is 2.79. The third kappa shape index (κ3) is 3.62. The predicted octanol–water partition coefficient (Wildman–Crippen LogP) is 3.75. The van der Waals surface area contributed by atoms with E-state index in [0.29, 0.717) is 11.3 Å². The molecule has 0 saturated carbocycles. The van der Waals surface area contributed by atoms with Crippen molar-refractivity contribution in [3.05, 3.63) is 51.4 Å². The molecule has 0 fully saturated rings. The van der Waals surface area contributed by atoms with Gasteiger partial charge >= 0.3 is 5.00 Å². The van der Waals surface area contributed by atoms with Gasteiger partial charge in [0.25, 0.3) is 5.91 Å². The molecule has 0 saturated heterocycles. The number of nitro groups is 1. The van der Waals surface area contributed by atoms with E-state index < -0.39 is 4.92 Å². The summed E-state index contributed by atoms with van der Waals surface area (Å²) in [5, 5.41) is 14.8. The number of rotatable bonds is 6. The van der Waals surface area contributed by atoms with Crippen molar-refractivity contribution in [3.8, 4) is 0 Å². The molecule has 6 nitrogen and oxygen atoms in total. The first-order chi connectivity index (χ1) is 10.5. The van der Waals surface area contributed by atoms with Crippen molar-refractivity contribution in [1.82, 2.24) is 0 Å². The van der Waals surface area contributed by atoms with Crippen LogP contribution in [0.3, 0.4) is 0 Å². The van der Waals surface area contributed by atoms with Crippen molar-refractivity contribution in [1.29, 1.82) is 0 Å². The highest BCUT2D eigenvalue weighted by Gasteiger charge is 2.15. The number of amides is 1. The zero-order valence-corrected chi connectivity index (χ0v) is 13.2. The molecule has 7 heteroatoms. The Bertz CT molecular complexity index is 663. The van der Waals surface area contributed by atoms with Crippen LogP contribution in [0.5, 0.6) is 0 Å². The van der Waals surface area contributed by atoms with E-state index >= 15 is 0 Å². The first-order valence-electron chi connectivity index (χ1n) is 6.94. The first-order valence-corrected chi connectivity index (χ1v) is 7.82. The zero-order valence-electron chi connectivity index (χ0n) is 12.4. The van der Waals surface area contributed by atoms with Gasteiger partial charge in [-0.25, -0.2) is 0 Å². The number of nitrogens with zero attached hydrogens (tertiary/aromatic N) is 2. The van der Waals surface area contributed by atoms with Gasteiger partial charge in [-0.2, -0.15) is 0 Å². The van der Waals surface area contributed by atoms with Crippen molar-refractivity contribution in [2.45, 2.75) is 13.8 Å². The molecular weight excluding hydrogens is 302 g/mol. The number of nitrogens with one attached hydrogen (secondary N) is 1. The van der Waals surface area contributed by atoms with E-state index in [1.165, 1.54) is 11.4 Å². The summed E-state index contributed by atoms with van der Waals surface area (Å²) in [6.07, 6.45) is 0. The summed E-state index contributed by atoms with van der Waals surface area (Å²) in [6, 6.07) is 8.82. The van der Waals surface area contributed by atoms with Crippen LogP contribution in [-0.2, 0) is 0 Å². The highest BCUT2D eigenvalue weighted by atomic mass is 32.1. The predicted molar refractivity (Wildman–Crippen MR) is 88.9 cm³/mol. The Labute approximate surface area is 132 Å². The van der Waals surface area contributed by atoms with Gasteiger partial charge < -0.3 is 10.2 Å². The fourth-order valence-electron chi connectivity index (χ4n) is 2.09. The van der Waals surface area contributed by atoms with Crippen LogP contribution in [0.2, 0.25) is 0 Å². The van der Waals surface area contributed by atoms with Crippen LogP contribution < -0.4 is 10.2 Å². The number of benzene rings is 1. The van der Waals surface area contributed by atoms with Gasteiger partial charge in [-0.3, -0.25) is 14.9 Å². The number of thiophene rings is 1. The molecule has 22 heavy (non-hydrogen) atoms. The Morgan fingerprint density at radius 3 is 2.41 bits per heavy atom. The summed E-state index contributed by atoms with van der Waals surface area (Å²) in [5.41, 5.74) is 2.05. The molecule has 1 amide bonds. The quantitative estimate of drug-likeness (QED) is 0.650. The number of carbonyl (C=O) groups excluding carboxylic acids is 1. The standard InChI is InChI=1S/C15H17N3O3S/c1-3-17(4-2)13-7-5-12(6-8-13)16-15(19)11-9-14(18(20)21)22-10-11/h5-10H,3-4H2,1-2H3,(H,16,19). The molecule has 1 aromatic carbocycles. The summed E-state index contributed by atoms with van der Waals surface area (Å²) < 4.78 is 0. The molecule has 116 valence electrons. The lowest BCUT2D eigenvalue weighted by atomic mass is 10.2. The molecule has 0 aliphatic heterocycles. The van der Waals surface area contributed by atoms with Crippen molar-refractivity contribution < 1.29 is 9.72 Å². The summed E-state index contributed by atoms with van der Waals surface area (Å²) >= 11 is 0.942. The lowest BCUT2D eigenvalue weighted by Crippen LogP contribution is -2.21. The molecule has 2 rings (SSSR count). The van der Waals surface area contributed by atoms with Crippen molar-refractivity contribution >= 4 is 33.6 Å². The Kier molecular flexibility index (Phi) is 5.11. The maximum atomic E-state index is 12.0. The van der Waals surface area contributed by atoms with Gasteiger partial charge in [-0.05, 0) is 38.1 Å². The lowest BCUT2D eigenvalue weighted by molar-refractivity contribution is -0.380. The van der Waals surface area contributed by atoms with Gasteiger partial charge in [0.15, 0.2) is 0 Å². The molecule has 0 radical (unpaired) electrons. The third-order valence-electron chi connectivity index (χ3n) is 3.28. The fraction of sp³-hybridized carbons (Fsp3) is 0.267. The van der Waals surface area contributed by atoms with E-state index in [1.54, 1.807) is 0 Å². The first kappa shape index (κ1) is 16.0. The van der Waals surface area contributed by atoms with Crippen molar-refractivity contribution in [3.63, 3.8) is 0 Å². The SMILES string of the molecule is CCN(CC)c1ccc(NC(=O)c2csc([N+](=O)[O-])c2)cc1. The average molecular weight is 319 g/mol. The Balaban J connectivity index is 2.06. The lowest BCUT2D eigenvalue weighted by Gasteiger charge is -2.21. The van der Waals surface area contributed by atoms with E-state index in [0.717, 1.165) is 30.1 Å². The zero-order chi connectivity index (χ0) is 16.1. The largest absolute Gasteiger partial charge is 0.372 e. The van der Waals surface area contributed by atoms with Crippen molar-refractivity contribution in [2.24, 2.45) is 0 Å². The van der Waals surface area contributed by atoms with E-state index in [1.807, 2.05) is 24.3 Å². The number of anilines is 2. The third-order valence-corrected chi connectivity index (χ3v) is 4.16. The van der Waals surface area contributed by atoms with Crippen molar-refractivity contribution in [2.75, 3.05) is 23.3 Å². The maximum Gasteiger partial charge on any atom is 0.324 e. The minimum Gasteiger partial charge on any atom is -0.372 e. The van der Waals surface area contributed by atoms with Crippen LogP contribution in [0.4, 0.5) is 16.4 Å². The second-order valence-corrected chi connectivity index (χ2v) is 5.49. The second kappa shape index (κ2) is 7.04. The van der Waals surface area contributed by atoms with Crippen LogP contribution in [0.1, 0.15) is 24.2 Å². The Morgan fingerprint density at radius 1 is 1.27 bits per heavy atom. The van der Waals surface area contributed by atoms with Gasteiger partial charge in [-0.15, -0.1) is 0 Å². The molecule has 0 bridgehead atoms. The maximum absolute atomic E-state index is 12.0. The minimum atomic E-state index is -0.500. The van der Waals surface area contributed by atoms with E-state index in [9.17, 15) is 14.9 Å². The highest BCUT2D eigenvalue weighted by Crippen LogP contribution is 2.24. The molecule has 0 spiro atoms. The summed E-state index contributed by atoms with van der Waals surface area (Å²) in [6.45, 7) is 6.01. The normalized spacial score (nSPS) is 10.3.